The Hall–Kier alpha value is -1.98. The minimum Gasteiger partial charge on any atom is -0.292 e. The molecule has 1 unspecified atom stereocenters. The molecule has 0 spiro atoms. The van der Waals surface area contributed by atoms with Gasteiger partial charge in [-0.25, -0.2) is 4.90 Å². The first-order valence-corrected chi connectivity index (χ1v) is 10.3. The number of amides is 2. The molecule has 0 radical (unpaired) electrons. The highest BCUT2D eigenvalue weighted by atomic mass is 79.9. The first-order chi connectivity index (χ1) is 13.1. The van der Waals surface area contributed by atoms with Crippen molar-refractivity contribution in [3.8, 4) is 0 Å². The van der Waals surface area contributed by atoms with E-state index >= 15 is 0 Å². The zero-order valence-electron chi connectivity index (χ0n) is 15.2. The maximum absolute atomic E-state index is 12.9. The number of rotatable bonds is 4. The summed E-state index contributed by atoms with van der Waals surface area (Å²) in [6.07, 6.45) is 3.53. The number of hydrogen-bond acceptors (Lipinski definition) is 3. The zero-order valence-corrected chi connectivity index (χ0v) is 16.8. The third-order valence-electron chi connectivity index (χ3n) is 5.65. The summed E-state index contributed by atoms with van der Waals surface area (Å²) in [7, 11) is 0. The molecule has 2 amide bonds. The molecule has 0 N–H and O–H groups in total. The lowest BCUT2D eigenvalue weighted by Crippen LogP contribution is -2.46. The lowest BCUT2D eigenvalue weighted by atomic mass is 9.89. The molecular weight excluding hydrogens is 404 g/mol. The summed E-state index contributed by atoms with van der Waals surface area (Å²) in [5.74, 6) is 0.464. The van der Waals surface area contributed by atoms with Crippen molar-refractivity contribution in [1.29, 1.82) is 0 Å². The number of hydrogen-bond donors (Lipinski definition) is 0. The second kappa shape index (κ2) is 7.95. The van der Waals surface area contributed by atoms with Crippen LogP contribution in [-0.2, 0) is 16.0 Å². The average molecular weight is 427 g/mol. The van der Waals surface area contributed by atoms with E-state index in [1.54, 1.807) is 0 Å². The molecule has 4 rings (SSSR count). The third-order valence-corrected chi connectivity index (χ3v) is 6.14. The van der Waals surface area contributed by atoms with Crippen LogP contribution in [0.1, 0.15) is 24.8 Å². The fourth-order valence-electron chi connectivity index (χ4n) is 4.20. The van der Waals surface area contributed by atoms with Crippen LogP contribution >= 0.6 is 15.9 Å². The maximum atomic E-state index is 12.9. The Morgan fingerprint density at radius 1 is 0.963 bits per heavy atom. The molecule has 0 aliphatic carbocycles. The Kier molecular flexibility index (Phi) is 5.41. The van der Waals surface area contributed by atoms with Crippen molar-refractivity contribution >= 4 is 33.4 Å². The Labute approximate surface area is 168 Å². The van der Waals surface area contributed by atoms with E-state index in [1.165, 1.54) is 10.5 Å². The lowest BCUT2D eigenvalue weighted by molar-refractivity contribution is -0.123. The van der Waals surface area contributed by atoms with Gasteiger partial charge in [0.2, 0.25) is 5.91 Å². The van der Waals surface area contributed by atoms with E-state index in [9.17, 15) is 9.59 Å². The summed E-state index contributed by atoms with van der Waals surface area (Å²) in [4.78, 5) is 29.0. The number of benzene rings is 2. The van der Waals surface area contributed by atoms with Gasteiger partial charge < -0.3 is 0 Å². The van der Waals surface area contributed by atoms with Gasteiger partial charge in [-0.2, -0.15) is 0 Å². The summed E-state index contributed by atoms with van der Waals surface area (Å²) in [6.45, 7) is 1.76. The first kappa shape index (κ1) is 18.4. The maximum Gasteiger partial charge on any atom is 0.251 e. The zero-order chi connectivity index (χ0) is 18.8. The van der Waals surface area contributed by atoms with Gasteiger partial charge in [-0.05, 0) is 62.0 Å². The first-order valence-electron chi connectivity index (χ1n) is 9.52. The van der Waals surface area contributed by atoms with Crippen LogP contribution in [0.15, 0.2) is 59.1 Å². The van der Waals surface area contributed by atoms with Crippen LogP contribution in [0.4, 0.5) is 5.69 Å². The van der Waals surface area contributed by atoms with Crippen LogP contribution in [0.25, 0.3) is 0 Å². The molecule has 2 saturated heterocycles. The normalized spacial score (nSPS) is 21.8. The van der Waals surface area contributed by atoms with Gasteiger partial charge in [-0.1, -0.05) is 52.3 Å². The summed E-state index contributed by atoms with van der Waals surface area (Å²) in [6, 6.07) is 17.7. The molecule has 2 heterocycles. The second-order valence-electron chi connectivity index (χ2n) is 7.44. The van der Waals surface area contributed by atoms with Crippen molar-refractivity contribution in [3.05, 3.63) is 64.6 Å². The van der Waals surface area contributed by atoms with Gasteiger partial charge in [0.25, 0.3) is 5.91 Å². The summed E-state index contributed by atoms with van der Waals surface area (Å²) in [5.41, 5.74) is 2.03. The van der Waals surface area contributed by atoms with E-state index in [2.05, 4.69) is 45.1 Å². The van der Waals surface area contributed by atoms with E-state index < -0.39 is 0 Å². The smallest absolute Gasteiger partial charge is 0.251 e. The van der Waals surface area contributed by atoms with Crippen LogP contribution in [0, 0.1) is 5.92 Å². The number of imide groups is 1. The molecule has 0 bridgehead atoms. The molecule has 2 aliphatic heterocycles. The average Bonchev–Trinajstić information content (AvgIpc) is 2.97. The van der Waals surface area contributed by atoms with Gasteiger partial charge in [0.05, 0.1) is 18.2 Å². The molecule has 0 aromatic heterocycles. The van der Waals surface area contributed by atoms with Crippen LogP contribution < -0.4 is 4.90 Å². The van der Waals surface area contributed by atoms with Crippen LogP contribution in [0.2, 0.25) is 0 Å². The van der Waals surface area contributed by atoms with Gasteiger partial charge in [0.1, 0.15) is 0 Å². The largest absolute Gasteiger partial charge is 0.292 e. The SMILES string of the molecule is O=C1CC(N2CCC(Cc3ccccc3)CC2)C(=O)N1c1cccc(Br)c1. The molecule has 5 heteroatoms. The summed E-state index contributed by atoms with van der Waals surface area (Å²) >= 11 is 3.41. The fourth-order valence-corrected chi connectivity index (χ4v) is 4.59. The molecule has 0 saturated carbocycles. The number of halogens is 1. The number of anilines is 1. The van der Waals surface area contributed by atoms with Gasteiger partial charge in [-0.15, -0.1) is 0 Å². The molecule has 1 atom stereocenters. The second-order valence-corrected chi connectivity index (χ2v) is 8.35. The highest BCUT2D eigenvalue weighted by molar-refractivity contribution is 9.10. The Morgan fingerprint density at radius 2 is 1.70 bits per heavy atom. The molecule has 2 aromatic carbocycles. The predicted octanol–water partition coefficient (Wildman–Crippen LogP) is 4.04. The van der Waals surface area contributed by atoms with E-state index in [-0.39, 0.29) is 24.3 Å². The minimum atomic E-state index is -0.311. The van der Waals surface area contributed by atoms with Crippen molar-refractivity contribution in [1.82, 2.24) is 4.90 Å². The van der Waals surface area contributed by atoms with E-state index in [0.29, 0.717) is 11.6 Å². The van der Waals surface area contributed by atoms with Crippen molar-refractivity contribution < 1.29 is 9.59 Å². The number of piperidine rings is 1. The standard InChI is InChI=1S/C22H23BrN2O2/c23-18-7-4-8-19(14-18)25-21(26)15-20(22(25)27)24-11-9-17(10-12-24)13-16-5-2-1-3-6-16/h1-8,14,17,20H,9-13,15H2. The monoisotopic (exact) mass is 426 g/mol. The predicted molar refractivity (Wildman–Crippen MR) is 109 cm³/mol. The molecule has 2 aliphatic rings. The number of likely N-dealkylation sites (tertiary alicyclic amines) is 1. The van der Waals surface area contributed by atoms with Crippen LogP contribution in [0.3, 0.4) is 0 Å². The Morgan fingerprint density at radius 3 is 2.41 bits per heavy atom. The fraction of sp³-hybridized carbons (Fsp3) is 0.364. The lowest BCUT2D eigenvalue weighted by Gasteiger charge is -2.34. The summed E-state index contributed by atoms with van der Waals surface area (Å²) in [5, 5.41) is 0. The molecule has 140 valence electrons. The molecular formula is C22H23BrN2O2. The van der Waals surface area contributed by atoms with Crippen molar-refractivity contribution in [2.24, 2.45) is 5.92 Å². The highest BCUT2D eigenvalue weighted by Gasteiger charge is 2.43. The number of carbonyl (C=O) groups is 2. The minimum absolute atomic E-state index is 0.0837. The third kappa shape index (κ3) is 3.99. The quantitative estimate of drug-likeness (QED) is 0.692. The van der Waals surface area contributed by atoms with E-state index in [4.69, 9.17) is 0 Å². The summed E-state index contributed by atoms with van der Waals surface area (Å²) < 4.78 is 0.866. The number of nitrogens with zero attached hydrogens (tertiary/aromatic N) is 2. The Balaban J connectivity index is 1.39. The van der Waals surface area contributed by atoms with Gasteiger partial charge in [0.15, 0.2) is 0 Å². The molecule has 2 fully saturated rings. The van der Waals surface area contributed by atoms with Gasteiger partial charge >= 0.3 is 0 Å². The number of carbonyl (C=O) groups excluding carboxylic acids is 2. The van der Waals surface area contributed by atoms with Crippen LogP contribution in [-0.4, -0.2) is 35.8 Å². The van der Waals surface area contributed by atoms with Crippen molar-refractivity contribution in [2.45, 2.75) is 31.7 Å². The Bertz CT molecular complexity index is 831. The van der Waals surface area contributed by atoms with Crippen molar-refractivity contribution in [2.75, 3.05) is 18.0 Å². The molecule has 4 nitrogen and oxygen atoms in total. The van der Waals surface area contributed by atoms with Crippen molar-refractivity contribution in [3.63, 3.8) is 0 Å². The van der Waals surface area contributed by atoms with Gasteiger partial charge in [-0.3, -0.25) is 14.5 Å². The van der Waals surface area contributed by atoms with E-state index in [1.807, 2.05) is 30.3 Å². The van der Waals surface area contributed by atoms with E-state index in [0.717, 1.165) is 36.8 Å². The topological polar surface area (TPSA) is 40.6 Å². The molecule has 2 aromatic rings. The molecule has 27 heavy (non-hydrogen) atoms. The highest BCUT2D eigenvalue weighted by Crippen LogP contribution is 2.30. The van der Waals surface area contributed by atoms with Crippen LogP contribution in [0.5, 0.6) is 0 Å². The van der Waals surface area contributed by atoms with Gasteiger partial charge in [0, 0.05) is 4.47 Å².